The maximum absolute atomic E-state index is 6.53. The van der Waals surface area contributed by atoms with Gasteiger partial charge in [0.15, 0.2) is 12.6 Å². The second-order valence-electron chi connectivity index (χ2n) is 8.70. The minimum absolute atomic E-state index is 0.330. The van der Waals surface area contributed by atoms with Gasteiger partial charge in [0.05, 0.1) is 19.8 Å². The summed E-state index contributed by atoms with van der Waals surface area (Å²) in [5.41, 5.74) is 3.11. The van der Waals surface area contributed by atoms with Crippen LogP contribution >= 0.6 is 0 Å². The van der Waals surface area contributed by atoms with E-state index in [2.05, 4.69) is 0 Å². The molecule has 0 N–H and O–H groups in total. The number of rotatable bonds is 9. The summed E-state index contributed by atoms with van der Waals surface area (Å²) < 4.78 is 37.8. The quantitative estimate of drug-likeness (QED) is 0.432. The molecule has 2 fully saturated rings. The van der Waals surface area contributed by atoms with E-state index in [9.17, 15) is 0 Å². The molecule has 0 saturated carbocycles. The van der Waals surface area contributed by atoms with Crippen molar-refractivity contribution in [2.24, 2.45) is 0 Å². The van der Waals surface area contributed by atoms with E-state index in [1.54, 1.807) is 0 Å². The van der Waals surface area contributed by atoms with E-state index in [0.717, 1.165) is 16.7 Å². The van der Waals surface area contributed by atoms with Crippen LogP contribution in [0, 0.1) is 0 Å². The van der Waals surface area contributed by atoms with Crippen molar-refractivity contribution >= 4 is 0 Å². The lowest BCUT2D eigenvalue weighted by Gasteiger charge is -2.48. The molecule has 0 spiro atoms. The van der Waals surface area contributed by atoms with Gasteiger partial charge in [-0.2, -0.15) is 0 Å². The zero-order valence-electron chi connectivity index (χ0n) is 19.9. The predicted octanol–water partition coefficient (Wildman–Crippen LogP) is 5.03. The van der Waals surface area contributed by atoms with Crippen molar-refractivity contribution < 1.29 is 28.4 Å². The molecule has 6 heteroatoms. The normalized spacial score (nSPS) is 28.4. The number of ether oxygens (including phenoxy) is 6. The first-order valence-electron chi connectivity index (χ1n) is 12.2. The lowest BCUT2D eigenvalue weighted by Crippen LogP contribution is -2.63. The molecule has 2 saturated heterocycles. The molecule has 6 nitrogen and oxygen atoms in total. The lowest BCUT2D eigenvalue weighted by molar-refractivity contribution is -0.372. The average molecular weight is 477 g/mol. The Balaban J connectivity index is 1.40. The summed E-state index contributed by atoms with van der Waals surface area (Å²) in [7, 11) is 0. The Labute approximate surface area is 206 Å². The van der Waals surface area contributed by atoms with E-state index in [1.165, 1.54) is 0 Å². The van der Waals surface area contributed by atoms with Crippen molar-refractivity contribution in [3.05, 3.63) is 108 Å². The second-order valence-corrected chi connectivity index (χ2v) is 8.70. The first-order chi connectivity index (χ1) is 17.3. The number of fused-ring (bicyclic) bond motifs is 1. The SMILES string of the molecule is CCO[C@@H]1O[C@@H]2COC(c3ccccc3)O[C@@H]2[C@H](OCc2ccccc2)[C@H]1OCc1ccccc1. The van der Waals surface area contributed by atoms with Gasteiger partial charge in [-0.1, -0.05) is 91.0 Å². The lowest BCUT2D eigenvalue weighted by atomic mass is 9.97. The summed E-state index contributed by atoms with van der Waals surface area (Å²) in [5, 5.41) is 0. The van der Waals surface area contributed by atoms with Crippen LogP contribution in [0.4, 0.5) is 0 Å². The van der Waals surface area contributed by atoms with Gasteiger partial charge in [-0.25, -0.2) is 0 Å². The third-order valence-electron chi connectivity index (χ3n) is 6.26. The zero-order valence-corrected chi connectivity index (χ0v) is 19.9. The van der Waals surface area contributed by atoms with Gasteiger partial charge in [-0.15, -0.1) is 0 Å². The van der Waals surface area contributed by atoms with E-state index in [1.807, 2.05) is 97.9 Å². The van der Waals surface area contributed by atoms with Gasteiger partial charge in [-0.05, 0) is 18.1 Å². The molecule has 2 aliphatic heterocycles. The maximum atomic E-state index is 6.53. The molecule has 2 aliphatic rings. The van der Waals surface area contributed by atoms with Crippen LogP contribution in [0.3, 0.4) is 0 Å². The topological polar surface area (TPSA) is 55.4 Å². The predicted molar refractivity (Wildman–Crippen MR) is 130 cm³/mol. The summed E-state index contributed by atoms with van der Waals surface area (Å²) in [6.07, 6.45) is -2.69. The summed E-state index contributed by atoms with van der Waals surface area (Å²) in [4.78, 5) is 0. The smallest absolute Gasteiger partial charge is 0.186 e. The highest BCUT2D eigenvalue weighted by Crippen LogP contribution is 2.37. The van der Waals surface area contributed by atoms with Gasteiger partial charge >= 0.3 is 0 Å². The minimum Gasteiger partial charge on any atom is -0.368 e. The number of hydrogen-bond donors (Lipinski definition) is 0. The number of benzene rings is 3. The van der Waals surface area contributed by atoms with Crippen LogP contribution < -0.4 is 0 Å². The molecular weight excluding hydrogens is 444 g/mol. The highest BCUT2D eigenvalue weighted by molar-refractivity contribution is 5.17. The van der Waals surface area contributed by atoms with Crippen molar-refractivity contribution in [2.45, 2.75) is 57.1 Å². The van der Waals surface area contributed by atoms with Crippen molar-refractivity contribution in [3.63, 3.8) is 0 Å². The van der Waals surface area contributed by atoms with E-state index in [0.29, 0.717) is 26.4 Å². The van der Waals surface area contributed by atoms with Crippen molar-refractivity contribution in [2.75, 3.05) is 13.2 Å². The van der Waals surface area contributed by atoms with E-state index >= 15 is 0 Å². The Kier molecular flexibility index (Phi) is 8.21. The van der Waals surface area contributed by atoms with Gasteiger partial charge in [0.2, 0.25) is 0 Å². The van der Waals surface area contributed by atoms with Gasteiger partial charge in [0.1, 0.15) is 24.4 Å². The van der Waals surface area contributed by atoms with Crippen LogP contribution in [-0.2, 0) is 41.6 Å². The summed E-state index contributed by atoms with van der Waals surface area (Å²) >= 11 is 0. The zero-order chi connectivity index (χ0) is 23.9. The maximum Gasteiger partial charge on any atom is 0.186 e. The first-order valence-corrected chi connectivity index (χ1v) is 12.2. The first kappa shape index (κ1) is 24.1. The molecule has 0 radical (unpaired) electrons. The van der Waals surface area contributed by atoms with Gasteiger partial charge in [-0.3, -0.25) is 0 Å². The molecule has 0 bridgehead atoms. The Hall–Kier alpha value is -2.58. The molecule has 0 aromatic heterocycles. The van der Waals surface area contributed by atoms with Crippen LogP contribution in [-0.4, -0.2) is 43.9 Å². The van der Waals surface area contributed by atoms with Crippen LogP contribution in [0.2, 0.25) is 0 Å². The Morgan fingerprint density at radius 1 is 0.686 bits per heavy atom. The van der Waals surface area contributed by atoms with Crippen LogP contribution in [0.15, 0.2) is 91.0 Å². The Bertz CT molecular complexity index is 1020. The van der Waals surface area contributed by atoms with Crippen molar-refractivity contribution in [3.8, 4) is 0 Å². The largest absolute Gasteiger partial charge is 0.368 e. The highest BCUT2D eigenvalue weighted by Gasteiger charge is 2.51. The highest BCUT2D eigenvalue weighted by atomic mass is 16.8. The van der Waals surface area contributed by atoms with Gasteiger partial charge < -0.3 is 28.4 Å². The second kappa shape index (κ2) is 11.9. The third kappa shape index (κ3) is 5.98. The molecular formula is C29H32O6. The Morgan fingerprint density at radius 3 is 1.86 bits per heavy atom. The van der Waals surface area contributed by atoms with E-state index in [-0.39, 0.29) is 12.2 Å². The molecule has 184 valence electrons. The number of hydrogen-bond acceptors (Lipinski definition) is 6. The summed E-state index contributed by atoms with van der Waals surface area (Å²) in [6, 6.07) is 30.1. The van der Waals surface area contributed by atoms with Crippen molar-refractivity contribution in [1.82, 2.24) is 0 Å². The third-order valence-corrected chi connectivity index (χ3v) is 6.26. The molecule has 3 aromatic carbocycles. The van der Waals surface area contributed by atoms with Crippen LogP contribution in [0.1, 0.15) is 29.9 Å². The van der Waals surface area contributed by atoms with Crippen LogP contribution in [0.5, 0.6) is 0 Å². The molecule has 6 atom stereocenters. The molecule has 5 rings (SSSR count). The molecule has 35 heavy (non-hydrogen) atoms. The minimum atomic E-state index is -0.591. The molecule has 3 aromatic rings. The summed E-state index contributed by atoms with van der Waals surface area (Å²) in [5.74, 6) is 0. The van der Waals surface area contributed by atoms with E-state index < -0.39 is 24.8 Å². The van der Waals surface area contributed by atoms with Crippen LogP contribution in [0.25, 0.3) is 0 Å². The molecule has 0 amide bonds. The van der Waals surface area contributed by atoms with Gasteiger partial charge in [0.25, 0.3) is 0 Å². The fourth-order valence-corrected chi connectivity index (χ4v) is 4.52. The monoisotopic (exact) mass is 476 g/mol. The Morgan fingerprint density at radius 2 is 1.26 bits per heavy atom. The van der Waals surface area contributed by atoms with E-state index in [4.69, 9.17) is 28.4 Å². The fraction of sp³-hybridized carbons (Fsp3) is 0.379. The van der Waals surface area contributed by atoms with Gasteiger partial charge in [0, 0.05) is 12.2 Å². The fourth-order valence-electron chi connectivity index (χ4n) is 4.52. The standard InChI is InChI=1S/C29H32O6/c1-2-30-29-27(32-19-22-14-8-4-9-15-22)26(31-18-21-12-6-3-7-13-21)25-24(34-29)20-33-28(35-25)23-16-10-5-11-17-23/h3-17,24-29H,2,18-20H2,1H3/t24-,25+,26+,27-,28?,29-/m1/s1. The van der Waals surface area contributed by atoms with Crippen molar-refractivity contribution in [1.29, 1.82) is 0 Å². The average Bonchev–Trinajstić information content (AvgIpc) is 2.92. The molecule has 1 unspecified atom stereocenters. The molecule has 0 aliphatic carbocycles. The summed E-state index contributed by atoms with van der Waals surface area (Å²) in [6.45, 7) is 3.67. The molecule has 2 heterocycles.